The van der Waals surface area contributed by atoms with Gasteiger partial charge in [0.15, 0.2) is 0 Å². The van der Waals surface area contributed by atoms with Crippen LogP contribution in [0, 0.1) is 11.3 Å². The maximum atomic E-state index is 4.67. The van der Waals surface area contributed by atoms with Gasteiger partial charge in [-0.25, -0.2) is 4.98 Å². The molecule has 116 valence electrons. The third-order valence-electron chi connectivity index (χ3n) is 5.05. The number of piperidine rings is 1. The van der Waals surface area contributed by atoms with Gasteiger partial charge in [-0.3, -0.25) is 0 Å². The second-order valence-electron chi connectivity index (χ2n) is 7.77. The smallest absolute Gasteiger partial charge is 0.133 e. The molecule has 0 spiro atoms. The number of pyridine rings is 1. The van der Waals surface area contributed by atoms with Crippen LogP contribution in [0.3, 0.4) is 0 Å². The molecule has 1 saturated carbocycles. The molecule has 3 heteroatoms. The zero-order chi connectivity index (χ0) is 14.9. The third kappa shape index (κ3) is 3.76. The van der Waals surface area contributed by atoms with Crippen LogP contribution in [0.2, 0.25) is 0 Å². The van der Waals surface area contributed by atoms with Crippen molar-refractivity contribution in [3.05, 3.63) is 23.9 Å². The summed E-state index contributed by atoms with van der Waals surface area (Å²) in [5.74, 6) is 2.04. The Morgan fingerprint density at radius 2 is 1.90 bits per heavy atom. The summed E-state index contributed by atoms with van der Waals surface area (Å²) in [5.41, 5.74) is 1.80. The predicted octanol–water partition coefficient (Wildman–Crippen LogP) is 3.60. The lowest BCUT2D eigenvalue weighted by Crippen LogP contribution is -2.39. The quantitative estimate of drug-likeness (QED) is 0.917. The van der Waals surface area contributed by atoms with Crippen molar-refractivity contribution in [3.8, 4) is 0 Å². The van der Waals surface area contributed by atoms with E-state index in [1.807, 2.05) is 6.20 Å². The van der Waals surface area contributed by atoms with E-state index >= 15 is 0 Å². The molecule has 1 N–H and O–H groups in total. The monoisotopic (exact) mass is 287 g/mol. The standard InChI is InChI=1S/C18H29N3/c1-18(2,3)15-8-11-21(12-9-15)17-14(5-4-10-19-17)13-20-16-6-7-16/h4-5,10,15-16,20H,6-9,11-13H2,1-3H3. The molecule has 21 heavy (non-hydrogen) atoms. The lowest BCUT2D eigenvalue weighted by molar-refractivity contribution is 0.198. The number of hydrogen-bond acceptors (Lipinski definition) is 3. The van der Waals surface area contributed by atoms with Gasteiger partial charge in [-0.05, 0) is 43.1 Å². The van der Waals surface area contributed by atoms with Gasteiger partial charge < -0.3 is 10.2 Å². The molecule has 2 heterocycles. The van der Waals surface area contributed by atoms with Crippen LogP contribution in [-0.2, 0) is 6.54 Å². The van der Waals surface area contributed by atoms with Crippen molar-refractivity contribution in [2.45, 2.75) is 59.0 Å². The highest BCUT2D eigenvalue weighted by atomic mass is 15.2. The Morgan fingerprint density at radius 3 is 2.52 bits per heavy atom. The number of hydrogen-bond donors (Lipinski definition) is 1. The summed E-state index contributed by atoms with van der Waals surface area (Å²) in [4.78, 5) is 7.17. The predicted molar refractivity (Wildman–Crippen MR) is 88.5 cm³/mol. The molecule has 2 aliphatic rings. The van der Waals surface area contributed by atoms with Crippen molar-refractivity contribution in [1.29, 1.82) is 0 Å². The van der Waals surface area contributed by atoms with Gasteiger partial charge in [0.1, 0.15) is 5.82 Å². The highest BCUT2D eigenvalue weighted by Crippen LogP contribution is 2.35. The summed E-state index contributed by atoms with van der Waals surface area (Å²) in [6.45, 7) is 10.4. The van der Waals surface area contributed by atoms with Crippen molar-refractivity contribution >= 4 is 5.82 Å². The molecule has 0 atom stereocenters. The molecule has 1 saturated heterocycles. The Morgan fingerprint density at radius 1 is 1.19 bits per heavy atom. The molecule has 1 aliphatic carbocycles. The summed E-state index contributed by atoms with van der Waals surface area (Å²) in [5, 5.41) is 3.62. The first-order chi connectivity index (χ1) is 10.0. The Kier molecular flexibility index (Phi) is 4.21. The van der Waals surface area contributed by atoms with Crippen LogP contribution < -0.4 is 10.2 Å². The zero-order valence-corrected chi connectivity index (χ0v) is 13.7. The average Bonchev–Trinajstić information content (AvgIpc) is 3.29. The zero-order valence-electron chi connectivity index (χ0n) is 13.7. The van der Waals surface area contributed by atoms with Crippen LogP contribution in [0.4, 0.5) is 5.82 Å². The molecule has 1 aromatic heterocycles. The second-order valence-corrected chi connectivity index (χ2v) is 7.77. The SMILES string of the molecule is CC(C)(C)C1CCN(c2ncccc2CNC2CC2)CC1. The first-order valence-corrected chi connectivity index (χ1v) is 8.46. The van der Waals surface area contributed by atoms with Gasteiger partial charge in [0.2, 0.25) is 0 Å². The maximum absolute atomic E-state index is 4.67. The fourth-order valence-corrected chi connectivity index (χ4v) is 3.35. The molecule has 0 amide bonds. The average molecular weight is 287 g/mol. The van der Waals surface area contributed by atoms with Crippen LogP contribution in [0.5, 0.6) is 0 Å². The Bertz CT molecular complexity index is 466. The van der Waals surface area contributed by atoms with Gasteiger partial charge in [-0.1, -0.05) is 26.8 Å². The van der Waals surface area contributed by atoms with Gasteiger partial charge in [0, 0.05) is 37.4 Å². The highest BCUT2D eigenvalue weighted by Gasteiger charge is 2.30. The lowest BCUT2D eigenvalue weighted by Gasteiger charge is -2.39. The van der Waals surface area contributed by atoms with Gasteiger partial charge in [-0.15, -0.1) is 0 Å². The minimum Gasteiger partial charge on any atom is -0.356 e. The van der Waals surface area contributed by atoms with Crippen LogP contribution in [0.15, 0.2) is 18.3 Å². The fourth-order valence-electron chi connectivity index (χ4n) is 3.35. The topological polar surface area (TPSA) is 28.2 Å². The van der Waals surface area contributed by atoms with E-state index in [4.69, 9.17) is 0 Å². The fraction of sp³-hybridized carbons (Fsp3) is 0.722. The second kappa shape index (κ2) is 5.96. The molecule has 0 unspecified atom stereocenters. The number of nitrogens with zero attached hydrogens (tertiary/aromatic N) is 2. The van der Waals surface area contributed by atoms with E-state index in [2.05, 4.69) is 48.1 Å². The van der Waals surface area contributed by atoms with Crippen molar-refractivity contribution in [2.75, 3.05) is 18.0 Å². The number of rotatable bonds is 4. The van der Waals surface area contributed by atoms with Gasteiger partial charge >= 0.3 is 0 Å². The van der Waals surface area contributed by atoms with Crippen LogP contribution in [0.1, 0.15) is 52.0 Å². The molecule has 3 rings (SSSR count). The maximum Gasteiger partial charge on any atom is 0.133 e. The van der Waals surface area contributed by atoms with Gasteiger partial charge in [0.25, 0.3) is 0 Å². The summed E-state index contributed by atoms with van der Waals surface area (Å²) in [6, 6.07) is 5.05. The van der Waals surface area contributed by atoms with E-state index in [1.165, 1.54) is 37.1 Å². The first-order valence-electron chi connectivity index (χ1n) is 8.46. The normalized spacial score (nSPS) is 20.8. The Hall–Kier alpha value is -1.09. The van der Waals surface area contributed by atoms with Crippen molar-refractivity contribution in [1.82, 2.24) is 10.3 Å². The van der Waals surface area contributed by atoms with Crippen molar-refractivity contribution in [3.63, 3.8) is 0 Å². The summed E-state index contributed by atoms with van der Waals surface area (Å²) >= 11 is 0. The minimum atomic E-state index is 0.437. The third-order valence-corrected chi connectivity index (χ3v) is 5.05. The molecular formula is C18H29N3. The summed E-state index contributed by atoms with van der Waals surface area (Å²) in [6.07, 6.45) is 7.19. The van der Waals surface area contributed by atoms with E-state index in [0.29, 0.717) is 5.41 Å². The highest BCUT2D eigenvalue weighted by molar-refractivity contribution is 5.47. The Labute approximate surface area is 129 Å². The van der Waals surface area contributed by atoms with Crippen LogP contribution in [0.25, 0.3) is 0 Å². The van der Waals surface area contributed by atoms with E-state index in [1.54, 1.807) is 0 Å². The largest absolute Gasteiger partial charge is 0.356 e. The molecule has 3 nitrogen and oxygen atoms in total. The van der Waals surface area contributed by atoms with Crippen molar-refractivity contribution in [2.24, 2.45) is 11.3 Å². The number of nitrogens with one attached hydrogen (secondary N) is 1. The molecular weight excluding hydrogens is 258 g/mol. The molecule has 0 bridgehead atoms. The van der Waals surface area contributed by atoms with E-state index < -0.39 is 0 Å². The van der Waals surface area contributed by atoms with Crippen LogP contribution in [-0.4, -0.2) is 24.1 Å². The summed E-state index contributed by atoms with van der Waals surface area (Å²) in [7, 11) is 0. The number of anilines is 1. The van der Waals surface area contributed by atoms with Gasteiger partial charge in [0.05, 0.1) is 0 Å². The minimum absolute atomic E-state index is 0.437. The lowest BCUT2D eigenvalue weighted by atomic mass is 9.75. The molecule has 1 aromatic rings. The van der Waals surface area contributed by atoms with Gasteiger partial charge in [-0.2, -0.15) is 0 Å². The van der Waals surface area contributed by atoms with E-state index in [9.17, 15) is 0 Å². The molecule has 0 aromatic carbocycles. The van der Waals surface area contributed by atoms with Crippen molar-refractivity contribution < 1.29 is 0 Å². The van der Waals surface area contributed by atoms with Crippen LogP contribution >= 0.6 is 0 Å². The molecule has 0 radical (unpaired) electrons. The summed E-state index contributed by atoms with van der Waals surface area (Å²) < 4.78 is 0. The first kappa shape index (κ1) is 14.8. The Balaban J connectivity index is 1.64. The molecule has 2 fully saturated rings. The molecule has 1 aliphatic heterocycles. The number of aromatic nitrogens is 1. The van der Waals surface area contributed by atoms with E-state index in [-0.39, 0.29) is 0 Å². The van der Waals surface area contributed by atoms with E-state index in [0.717, 1.165) is 31.6 Å².